The number of benzene rings is 1. The zero-order valence-corrected chi connectivity index (χ0v) is 12.0. The average molecular weight is 273 g/mol. The van der Waals surface area contributed by atoms with Gasteiger partial charge in [0.15, 0.2) is 5.13 Å². The molecule has 19 heavy (non-hydrogen) atoms. The predicted octanol–water partition coefficient (Wildman–Crippen LogP) is 3.25. The second-order valence-electron chi connectivity index (χ2n) is 4.85. The monoisotopic (exact) mass is 273 g/mol. The molecule has 3 rings (SSSR count). The molecule has 0 spiro atoms. The molecule has 0 amide bonds. The summed E-state index contributed by atoms with van der Waals surface area (Å²) in [5.41, 5.74) is 9.76. The van der Waals surface area contributed by atoms with E-state index in [2.05, 4.69) is 36.1 Å². The van der Waals surface area contributed by atoms with Gasteiger partial charge >= 0.3 is 0 Å². The van der Waals surface area contributed by atoms with Gasteiger partial charge in [0.05, 0.1) is 5.69 Å². The second kappa shape index (κ2) is 5.31. The minimum absolute atomic E-state index is 0.600. The van der Waals surface area contributed by atoms with Crippen LogP contribution in [0.4, 0.5) is 10.8 Å². The maximum atomic E-state index is 5.84. The third-order valence-corrected chi connectivity index (χ3v) is 4.70. The topological polar surface area (TPSA) is 42.2 Å². The van der Waals surface area contributed by atoms with Gasteiger partial charge in [0.2, 0.25) is 0 Å². The van der Waals surface area contributed by atoms with Crippen LogP contribution in [0.15, 0.2) is 24.3 Å². The molecule has 0 radical (unpaired) electrons. The highest BCUT2D eigenvalue weighted by atomic mass is 32.1. The number of fused-ring (bicyclic) bond motifs is 1. The first-order valence-corrected chi connectivity index (χ1v) is 7.69. The molecule has 0 fully saturated rings. The van der Waals surface area contributed by atoms with Gasteiger partial charge in [-0.15, -0.1) is 0 Å². The Kier molecular flexibility index (Phi) is 3.53. The highest BCUT2D eigenvalue weighted by Gasteiger charge is 2.23. The van der Waals surface area contributed by atoms with Crippen molar-refractivity contribution in [1.82, 2.24) is 4.98 Å². The summed E-state index contributed by atoms with van der Waals surface area (Å²) in [5.74, 6) is 0. The van der Waals surface area contributed by atoms with Gasteiger partial charge in [-0.2, -0.15) is 0 Å². The molecule has 1 aliphatic heterocycles. The van der Waals surface area contributed by atoms with Gasteiger partial charge in [-0.1, -0.05) is 42.9 Å². The Labute approximate surface area is 118 Å². The minimum Gasteiger partial charge on any atom is -0.326 e. The third kappa shape index (κ3) is 2.26. The van der Waals surface area contributed by atoms with Gasteiger partial charge in [0, 0.05) is 23.7 Å². The van der Waals surface area contributed by atoms with Crippen LogP contribution in [0.2, 0.25) is 0 Å². The van der Waals surface area contributed by atoms with Crippen LogP contribution in [0.3, 0.4) is 0 Å². The first-order valence-electron chi connectivity index (χ1n) is 6.87. The van der Waals surface area contributed by atoms with Crippen molar-refractivity contribution in [3.63, 3.8) is 0 Å². The predicted molar refractivity (Wildman–Crippen MR) is 81.2 cm³/mol. The van der Waals surface area contributed by atoms with Crippen molar-refractivity contribution in [2.45, 2.75) is 32.7 Å². The first-order chi connectivity index (χ1) is 9.33. The van der Waals surface area contributed by atoms with Gasteiger partial charge in [0.25, 0.3) is 0 Å². The molecule has 1 aromatic carbocycles. The molecule has 0 unspecified atom stereocenters. The van der Waals surface area contributed by atoms with Crippen molar-refractivity contribution in [3.8, 4) is 0 Å². The zero-order chi connectivity index (χ0) is 13.2. The third-order valence-electron chi connectivity index (χ3n) is 3.56. The maximum absolute atomic E-state index is 5.84. The Bertz CT molecular complexity index is 577. The van der Waals surface area contributed by atoms with Gasteiger partial charge in [-0.05, 0) is 24.5 Å². The van der Waals surface area contributed by atoms with Crippen LogP contribution in [-0.2, 0) is 19.4 Å². The highest BCUT2D eigenvalue weighted by Crippen LogP contribution is 2.37. The summed E-state index contributed by atoms with van der Waals surface area (Å²) >= 11 is 1.75. The number of hydrogen-bond donors (Lipinski definition) is 1. The fourth-order valence-corrected chi connectivity index (χ4v) is 3.64. The fraction of sp³-hybridized carbons (Fsp3) is 0.400. The Balaban J connectivity index is 1.95. The van der Waals surface area contributed by atoms with E-state index >= 15 is 0 Å². The van der Waals surface area contributed by atoms with Crippen LogP contribution in [0.5, 0.6) is 0 Å². The van der Waals surface area contributed by atoms with Crippen molar-refractivity contribution in [2.24, 2.45) is 5.73 Å². The number of thiazole rings is 1. The molecule has 1 aliphatic rings. The molecule has 0 atom stereocenters. The van der Waals surface area contributed by atoms with Crippen molar-refractivity contribution in [2.75, 3.05) is 11.4 Å². The lowest BCUT2D eigenvalue weighted by molar-refractivity contribution is 0.866. The SMILES string of the molecule is CCCc1nc(N2CCc3ccccc32)sc1CN. The Morgan fingerprint density at radius 1 is 1.37 bits per heavy atom. The number of nitrogens with two attached hydrogens (primary N) is 1. The number of hydrogen-bond acceptors (Lipinski definition) is 4. The van der Waals surface area contributed by atoms with Crippen molar-refractivity contribution in [3.05, 3.63) is 40.4 Å². The largest absolute Gasteiger partial charge is 0.326 e. The summed E-state index contributed by atoms with van der Waals surface area (Å²) in [5, 5.41) is 1.11. The van der Waals surface area contributed by atoms with Gasteiger partial charge < -0.3 is 10.6 Å². The van der Waals surface area contributed by atoms with E-state index in [0.717, 1.165) is 30.9 Å². The molecule has 0 saturated heterocycles. The molecule has 2 N–H and O–H groups in total. The molecular weight excluding hydrogens is 254 g/mol. The number of anilines is 2. The first kappa shape index (κ1) is 12.6. The Morgan fingerprint density at radius 3 is 3.00 bits per heavy atom. The molecule has 2 heterocycles. The average Bonchev–Trinajstić information content (AvgIpc) is 3.02. The number of para-hydroxylation sites is 1. The van der Waals surface area contributed by atoms with Crippen LogP contribution >= 0.6 is 11.3 Å². The lowest BCUT2D eigenvalue weighted by Gasteiger charge is -2.15. The van der Waals surface area contributed by atoms with Crippen molar-refractivity contribution < 1.29 is 0 Å². The van der Waals surface area contributed by atoms with E-state index in [-0.39, 0.29) is 0 Å². The molecule has 0 bridgehead atoms. The lowest BCUT2D eigenvalue weighted by Crippen LogP contribution is -2.12. The van der Waals surface area contributed by atoms with Crippen LogP contribution in [0.25, 0.3) is 0 Å². The van der Waals surface area contributed by atoms with Crippen molar-refractivity contribution in [1.29, 1.82) is 0 Å². The van der Waals surface area contributed by atoms with Crippen LogP contribution in [0.1, 0.15) is 29.5 Å². The zero-order valence-electron chi connectivity index (χ0n) is 11.2. The molecule has 100 valence electrons. The van der Waals surface area contributed by atoms with E-state index in [9.17, 15) is 0 Å². The Morgan fingerprint density at radius 2 is 2.21 bits per heavy atom. The van der Waals surface area contributed by atoms with E-state index in [0.29, 0.717) is 6.54 Å². The number of aryl methyl sites for hydroxylation is 1. The van der Waals surface area contributed by atoms with E-state index in [4.69, 9.17) is 10.7 Å². The summed E-state index contributed by atoms with van der Waals surface area (Å²) in [4.78, 5) is 8.39. The molecule has 0 aliphatic carbocycles. The second-order valence-corrected chi connectivity index (χ2v) is 5.91. The van der Waals surface area contributed by atoms with Crippen LogP contribution in [-0.4, -0.2) is 11.5 Å². The minimum atomic E-state index is 0.600. The summed E-state index contributed by atoms with van der Waals surface area (Å²) in [7, 11) is 0. The molecule has 4 heteroatoms. The van der Waals surface area contributed by atoms with Gasteiger partial charge in [0.1, 0.15) is 0 Å². The fourth-order valence-electron chi connectivity index (χ4n) is 2.61. The number of aromatic nitrogens is 1. The standard InChI is InChI=1S/C15H19N3S/c1-2-5-12-14(10-16)19-15(17-12)18-9-8-11-6-3-4-7-13(11)18/h3-4,6-7H,2,5,8-10,16H2,1H3. The van der Waals surface area contributed by atoms with Crippen molar-refractivity contribution >= 4 is 22.2 Å². The van der Waals surface area contributed by atoms with E-state index in [1.807, 2.05) is 0 Å². The quantitative estimate of drug-likeness (QED) is 0.930. The maximum Gasteiger partial charge on any atom is 0.190 e. The van der Waals surface area contributed by atoms with Gasteiger partial charge in [-0.3, -0.25) is 0 Å². The van der Waals surface area contributed by atoms with E-state index in [1.54, 1.807) is 11.3 Å². The van der Waals surface area contributed by atoms with Gasteiger partial charge in [-0.25, -0.2) is 4.98 Å². The smallest absolute Gasteiger partial charge is 0.190 e. The van der Waals surface area contributed by atoms with E-state index < -0.39 is 0 Å². The summed E-state index contributed by atoms with van der Waals surface area (Å²) in [6.45, 7) is 3.81. The normalized spacial score (nSPS) is 13.9. The van der Waals surface area contributed by atoms with Crippen LogP contribution in [0, 0.1) is 0 Å². The summed E-state index contributed by atoms with van der Waals surface area (Å²) < 4.78 is 0. The molecule has 2 aromatic rings. The lowest BCUT2D eigenvalue weighted by atomic mass is 10.2. The Hall–Kier alpha value is -1.39. The molecule has 3 nitrogen and oxygen atoms in total. The molecule has 0 saturated carbocycles. The molecular formula is C15H19N3S. The van der Waals surface area contributed by atoms with Crippen LogP contribution < -0.4 is 10.6 Å². The number of nitrogens with zero attached hydrogens (tertiary/aromatic N) is 2. The summed E-state index contributed by atoms with van der Waals surface area (Å²) in [6.07, 6.45) is 3.25. The number of rotatable bonds is 4. The van der Waals surface area contributed by atoms with E-state index in [1.165, 1.54) is 21.8 Å². The highest BCUT2D eigenvalue weighted by molar-refractivity contribution is 7.15. The molecule has 1 aromatic heterocycles. The summed E-state index contributed by atoms with van der Waals surface area (Å²) in [6, 6.07) is 8.60.